The fourth-order valence-electron chi connectivity index (χ4n) is 1.94. The molecule has 0 bridgehead atoms. The summed E-state index contributed by atoms with van der Waals surface area (Å²) in [6, 6.07) is 8.55. The SMILES string of the molecule is CN(Cc1ccc(C(C)(C)C)cc1)CC(N)CO. The van der Waals surface area contributed by atoms with Crippen LogP contribution in [-0.2, 0) is 12.0 Å². The van der Waals surface area contributed by atoms with E-state index in [4.69, 9.17) is 10.8 Å². The molecule has 1 aromatic rings. The number of aliphatic hydroxyl groups excluding tert-OH is 1. The van der Waals surface area contributed by atoms with Crippen LogP contribution in [0.1, 0.15) is 31.9 Å². The third kappa shape index (κ3) is 4.77. The third-order valence-electron chi connectivity index (χ3n) is 3.05. The molecule has 0 heterocycles. The molecule has 1 aromatic carbocycles. The molecular formula is C15H26N2O. The highest BCUT2D eigenvalue weighted by Gasteiger charge is 2.13. The number of benzene rings is 1. The van der Waals surface area contributed by atoms with Crippen LogP contribution < -0.4 is 5.73 Å². The van der Waals surface area contributed by atoms with Crippen LogP contribution in [0.15, 0.2) is 24.3 Å². The van der Waals surface area contributed by atoms with Crippen LogP contribution in [0.5, 0.6) is 0 Å². The van der Waals surface area contributed by atoms with E-state index in [-0.39, 0.29) is 18.1 Å². The number of hydrogen-bond acceptors (Lipinski definition) is 3. The molecule has 0 spiro atoms. The highest BCUT2D eigenvalue weighted by atomic mass is 16.3. The molecule has 0 radical (unpaired) electrons. The second kappa shape index (κ2) is 6.32. The lowest BCUT2D eigenvalue weighted by Crippen LogP contribution is -2.37. The minimum Gasteiger partial charge on any atom is -0.395 e. The van der Waals surface area contributed by atoms with Gasteiger partial charge in [-0.1, -0.05) is 45.0 Å². The summed E-state index contributed by atoms with van der Waals surface area (Å²) in [4.78, 5) is 2.13. The van der Waals surface area contributed by atoms with Gasteiger partial charge in [0.05, 0.1) is 6.61 Å². The first kappa shape index (κ1) is 15.2. The van der Waals surface area contributed by atoms with Gasteiger partial charge in [-0.15, -0.1) is 0 Å². The van der Waals surface area contributed by atoms with Gasteiger partial charge in [0.25, 0.3) is 0 Å². The molecule has 0 aliphatic rings. The molecule has 1 atom stereocenters. The molecular weight excluding hydrogens is 224 g/mol. The van der Waals surface area contributed by atoms with Gasteiger partial charge in [-0.05, 0) is 23.6 Å². The van der Waals surface area contributed by atoms with Crippen molar-refractivity contribution >= 4 is 0 Å². The maximum Gasteiger partial charge on any atom is 0.0595 e. The smallest absolute Gasteiger partial charge is 0.0595 e. The Balaban J connectivity index is 2.58. The Labute approximate surface area is 111 Å². The maximum atomic E-state index is 8.92. The Morgan fingerprint density at radius 2 is 1.78 bits per heavy atom. The van der Waals surface area contributed by atoms with Gasteiger partial charge >= 0.3 is 0 Å². The van der Waals surface area contributed by atoms with E-state index in [1.54, 1.807) is 0 Å². The third-order valence-corrected chi connectivity index (χ3v) is 3.05. The Kier molecular flexibility index (Phi) is 5.32. The number of aliphatic hydroxyl groups is 1. The quantitative estimate of drug-likeness (QED) is 0.837. The number of nitrogens with two attached hydrogens (primary N) is 1. The van der Waals surface area contributed by atoms with Crippen LogP contribution in [0.2, 0.25) is 0 Å². The number of nitrogens with zero attached hydrogens (tertiary/aromatic N) is 1. The first-order chi connectivity index (χ1) is 8.32. The zero-order valence-electron chi connectivity index (χ0n) is 12.0. The summed E-state index contributed by atoms with van der Waals surface area (Å²) in [5, 5.41) is 8.92. The van der Waals surface area contributed by atoms with Crippen molar-refractivity contribution < 1.29 is 5.11 Å². The predicted octanol–water partition coefficient (Wildman–Crippen LogP) is 1.74. The van der Waals surface area contributed by atoms with E-state index in [1.165, 1.54) is 11.1 Å². The molecule has 0 aliphatic heterocycles. The van der Waals surface area contributed by atoms with E-state index in [0.29, 0.717) is 6.54 Å². The van der Waals surface area contributed by atoms with Crippen LogP contribution in [0.25, 0.3) is 0 Å². The van der Waals surface area contributed by atoms with E-state index < -0.39 is 0 Å². The van der Waals surface area contributed by atoms with Crippen LogP contribution in [0.4, 0.5) is 0 Å². The lowest BCUT2D eigenvalue weighted by Gasteiger charge is -2.22. The van der Waals surface area contributed by atoms with Gasteiger partial charge < -0.3 is 15.7 Å². The second-order valence-electron chi connectivity index (χ2n) is 6.09. The Morgan fingerprint density at radius 3 is 2.22 bits per heavy atom. The zero-order chi connectivity index (χ0) is 13.8. The summed E-state index contributed by atoms with van der Waals surface area (Å²) in [5.74, 6) is 0. The summed E-state index contributed by atoms with van der Waals surface area (Å²) in [6.07, 6.45) is 0. The van der Waals surface area contributed by atoms with Crippen molar-refractivity contribution in [2.75, 3.05) is 20.2 Å². The summed E-state index contributed by atoms with van der Waals surface area (Å²) in [6.45, 7) is 8.25. The first-order valence-corrected chi connectivity index (χ1v) is 6.47. The van der Waals surface area contributed by atoms with Crippen molar-refractivity contribution in [1.82, 2.24) is 4.90 Å². The van der Waals surface area contributed by atoms with Crippen molar-refractivity contribution in [3.63, 3.8) is 0 Å². The van der Waals surface area contributed by atoms with Crippen LogP contribution in [0, 0.1) is 0 Å². The molecule has 1 rings (SSSR count). The molecule has 3 N–H and O–H groups in total. The maximum absolute atomic E-state index is 8.92. The monoisotopic (exact) mass is 250 g/mol. The van der Waals surface area contributed by atoms with E-state index in [9.17, 15) is 0 Å². The summed E-state index contributed by atoms with van der Waals surface area (Å²) in [7, 11) is 2.02. The molecule has 3 nitrogen and oxygen atoms in total. The molecule has 0 saturated carbocycles. The highest BCUT2D eigenvalue weighted by molar-refractivity contribution is 5.27. The normalized spacial score (nSPS) is 13.9. The predicted molar refractivity (Wildman–Crippen MR) is 76.5 cm³/mol. The largest absolute Gasteiger partial charge is 0.395 e. The molecule has 0 fully saturated rings. The van der Waals surface area contributed by atoms with Crippen molar-refractivity contribution in [2.24, 2.45) is 5.73 Å². The van der Waals surface area contributed by atoms with Gasteiger partial charge in [0.1, 0.15) is 0 Å². The van der Waals surface area contributed by atoms with E-state index in [1.807, 2.05) is 7.05 Å². The molecule has 102 valence electrons. The van der Waals surface area contributed by atoms with Crippen molar-refractivity contribution in [2.45, 2.75) is 38.8 Å². The summed E-state index contributed by atoms with van der Waals surface area (Å²) >= 11 is 0. The van der Waals surface area contributed by atoms with E-state index in [0.717, 1.165) is 6.54 Å². The molecule has 0 aromatic heterocycles. The molecule has 1 unspecified atom stereocenters. The van der Waals surface area contributed by atoms with E-state index >= 15 is 0 Å². The lowest BCUT2D eigenvalue weighted by atomic mass is 9.87. The fourth-order valence-corrected chi connectivity index (χ4v) is 1.94. The van der Waals surface area contributed by atoms with Crippen LogP contribution >= 0.6 is 0 Å². The average molecular weight is 250 g/mol. The highest BCUT2D eigenvalue weighted by Crippen LogP contribution is 2.22. The van der Waals surface area contributed by atoms with E-state index in [2.05, 4.69) is 49.9 Å². The number of hydrogen-bond donors (Lipinski definition) is 2. The molecule has 0 saturated heterocycles. The van der Waals surface area contributed by atoms with Crippen molar-refractivity contribution in [1.29, 1.82) is 0 Å². The Hall–Kier alpha value is -0.900. The van der Waals surface area contributed by atoms with Gasteiger partial charge in [-0.25, -0.2) is 0 Å². The van der Waals surface area contributed by atoms with Gasteiger partial charge in [0.2, 0.25) is 0 Å². The first-order valence-electron chi connectivity index (χ1n) is 6.47. The summed E-state index contributed by atoms with van der Waals surface area (Å²) in [5.41, 5.74) is 8.54. The fraction of sp³-hybridized carbons (Fsp3) is 0.600. The standard InChI is InChI=1S/C15H26N2O/c1-15(2,3)13-7-5-12(6-8-13)9-17(4)10-14(16)11-18/h5-8,14,18H,9-11,16H2,1-4H3. The second-order valence-corrected chi connectivity index (χ2v) is 6.09. The topological polar surface area (TPSA) is 49.5 Å². The summed E-state index contributed by atoms with van der Waals surface area (Å²) < 4.78 is 0. The molecule has 18 heavy (non-hydrogen) atoms. The zero-order valence-corrected chi connectivity index (χ0v) is 12.0. The van der Waals surface area contributed by atoms with Gasteiger partial charge in [-0.3, -0.25) is 0 Å². The molecule has 0 aliphatic carbocycles. The minimum atomic E-state index is -0.163. The Bertz CT molecular complexity index is 354. The van der Waals surface area contributed by atoms with Gasteiger partial charge in [0.15, 0.2) is 0 Å². The van der Waals surface area contributed by atoms with Crippen LogP contribution in [-0.4, -0.2) is 36.2 Å². The number of likely N-dealkylation sites (N-methyl/N-ethyl adjacent to an activating group) is 1. The lowest BCUT2D eigenvalue weighted by molar-refractivity contribution is 0.218. The molecule has 3 heteroatoms. The average Bonchev–Trinajstić information content (AvgIpc) is 2.28. The van der Waals surface area contributed by atoms with Crippen LogP contribution in [0.3, 0.4) is 0 Å². The Morgan fingerprint density at radius 1 is 1.22 bits per heavy atom. The minimum absolute atomic E-state index is 0.0350. The number of rotatable bonds is 5. The van der Waals surface area contributed by atoms with Crippen molar-refractivity contribution in [3.8, 4) is 0 Å². The van der Waals surface area contributed by atoms with Gasteiger partial charge in [0, 0.05) is 19.1 Å². The van der Waals surface area contributed by atoms with Crippen molar-refractivity contribution in [3.05, 3.63) is 35.4 Å². The van der Waals surface area contributed by atoms with Gasteiger partial charge in [-0.2, -0.15) is 0 Å². The molecule has 0 amide bonds.